The highest BCUT2D eigenvalue weighted by atomic mass is 35.5. The van der Waals surface area contributed by atoms with E-state index in [2.05, 4.69) is 5.32 Å². The molecule has 1 N–H and O–H groups in total. The predicted molar refractivity (Wildman–Crippen MR) is 131 cm³/mol. The molecule has 0 bridgehead atoms. The molecule has 0 spiro atoms. The van der Waals surface area contributed by atoms with Gasteiger partial charge in [-0.1, -0.05) is 23.7 Å². The van der Waals surface area contributed by atoms with Crippen molar-refractivity contribution in [1.29, 1.82) is 0 Å². The van der Waals surface area contributed by atoms with Gasteiger partial charge >= 0.3 is 5.63 Å². The maximum Gasteiger partial charge on any atom is 0.339 e. The zero-order valence-electron chi connectivity index (χ0n) is 18.4. The molecule has 0 saturated carbocycles. The second-order valence-corrected chi connectivity index (χ2v) is 11.3. The van der Waals surface area contributed by atoms with Crippen molar-refractivity contribution in [2.24, 2.45) is 0 Å². The normalized spacial score (nSPS) is 17.4. The van der Waals surface area contributed by atoms with Crippen molar-refractivity contribution in [3.05, 3.63) is 69.2 Å². The van der Waals surface area contributed by atoms with Gasteiger partial charge in [-0.2, -0.15) is 0 Å². The van der Waals surface area contributed by atoms with E-state index in [1.165, 1.54) is 0 Å². The minimum Gasteiger partial charge on any atom is -0.464 e. The average molecular weight is 500 g/mol. The number of rotatable bonds is 5. The molecule has 0 unspecified atom stereocenters. The predicted octanol–water partition coefficient (Wildman–Crippen LogP) is 4.40. The Labute approximate surface area is 200 Å². The Morgan fingerprint density at radius 2 is 1.91 bits per heavy atom. The molecule has 4 aromatic rings. The monoisotopic (exact) mass is 499 g/mol. The Balaban J connectivity index is 1.44. The van der Waals surface area contributed by atoms with Crippen LogP contribution in [0, 0.1) is 6.92 Å². The van der Waals surface area contributed by atoms with Crippen LogP contribution in [0.4, 0.5) is 0 Å². The quantitative estimate of drug-likeness (QED) is 0.408. The van der Waals surface area contributed by atoms with Crippen molar-refractivity contribution in [2.45, 2.75) is 32.2 Å². The highest BCUT2D eigenvalue weighted by Gasteiger charge is 2.29. The molecule has 1 aliphatic heterocycles. The maximum absolute atomic E-state index is 12.7. The first kappa shape index (κ1) is 22.7. The van der Waals surface area contributed by atoms with E-state index in [1.807, 2.05) is 37.3 Å². The molecule has 1 saturated heterocycles. The molecule has 3 heterocycles. The summed E-state index contributed by atoms with van der Waals surface area (Å²) in [4.78, 5) is 25.0. The molecular weight excluding hydrogens is 478 g/mol. The van der Waals surface area contributed by atoms with Gasteiger partial charge < -0.3 is 14.2 Å². The summed E-state index contributed by atoms with van der Waals surface area (Å²) in [5.41, 5.74) is 3.53. The van der Waals surface area contributed by atoms with Crippen LogP contribution >= 0.6 is 11.6 Å². The summed E-state index contributed by atoms with van der Waals surface area (Å²) < 4.78 is 34.5. The van der Waals surface area contributed by atoms with E-state index in [0.29, 0.717) is 28.2 Å². The van der Waals surface area contributed by atoms with Crippen LogP contribution in [-0.4, -0.2) is 31.9 Å². The van der Waals surface area contributed by atoms with Crippen LogP contribution in [0.15, 0.2) is 56.3 Å². The van der Waals surface area contributed by atoms with Gasteiger partial charge in [0, 0.05) is 45.5 Å². The van der Waals surface area contributed by atoms with Gasteiger partial charge in [-0.05, 0) is 49.1 Å². The van der Waals surface area contributed by atoms with Crippen LogP contribution in [0.3, 0.4) is 0 Å². The highest BCUT2D eigenvalue weighted by molar-refractivity contribution is 7.91. The second-order valence-electron chi connectivity index (χ2n) is 8.66. The summed E-state index contributed by atoms with van der Waals surface area (Å²) in [6.45, 7) is 1.84. The summed E-state index contributed by atoms with van der Waals surface area (Å²) in [5.74, 6) is -0.227. The number of aryl methyl sites for hydroxylation is 1. The molecule has 1 atom stereocenters. The molecule has 1 fully saturated rings. The van der Waals surface area contributed by atoms with Crippen molar-refractivity contribution >= 4 is 49.3 Å². The molecule has 1 amide bonds. The van der Waals surface area contributed by atoms with Crippen molar-refractivity contribution in [2.75, 3.05) is 11.5 Å². The van der Waals surface area contributed by atoms with Gasteiger partial charge in [0.2, 0.25) is 5.91 Å². The fraction of sp³-hybridized carbons (Fsp3) is 0.280. The highest BCUT2D eigenvalue weighted by Crippen LogP contribution is 2.35. The Hall–Kier alpha value is -3.10. The van der Waals surface area contributed by atoms with E-state index in [4.69, 9.17) is 20.4 Å². The van der Waals surface area contributed by atoms with Gasteiger partial charge in [0.25, 0.3) is 0 Å². The lowest BCUT2D eigenvalue weighted by Gasteiger charge is -2.11. The molecule has 0 aliphatic carbocycles. The summed E-state index contributed by atoms with van der Waals surface area (Å²) in [6.07, 6.45) is 2.34. The SMILES string of the molecule is Cc1c(CCC(=O)N[C@@H]2CCS(=O)(=O)C2)c(=O)oc2cc3occ(-c4ccc(Cl)cc4)c3cc12. The summed E-state index contributed by atoms with van der Waals surface area (Å²) in [7, 11) is -3.08. The van der Waals surface area contributed by atoms with E-state index in [-0.39, 0.29) is 36.3 Å². The zero-order chi connectivity index (χ0) is 24.0. The molecule has 9 heteroatoms. The second kappa shape index (κ2) is 8.60. The van der Waals surface area contributed by atoms with Gasteiger partial charge in [0.15, 0.2) is 9.84 Å². The number of sulfone groups is 1. The van der Waals surface area contributed by atoms with Crippen molar-refractivity contribution in [3.63, 3.8) is 0 Å². The lowest BCUT2D eigenvalue weighted by atomic mass is 9.99. The number of nitrogens with one attached hydrogen (secondary N) is 1. The third-order valence-corrected chi connectivity index (χ3v) is 8.36. The smallest absolute Gasteiger partial charge is 0.339 e. The standard InChI is InChI=1S/C25H22ClNO6S/c1-14-18(6-7-24(28)27-17-8-9-34(30,31)13-17)25(29)33-23-11-22-20(10-19(14)23)21(12-32-22)15-2-4-16(26)5-3-15/h2-5,10-12,17H,6-9,13H2,1H3,(H,27,28)/t17-/m1/s1. The number of halogens is 1. The van der Waals surface area contributed by atoms with Crippen LogP contribution in [0.1, 0.15) is 24.0 Å². The van der Waals surface area contributed by atoms with Gasteiger partial charge in [0.1, 0.15) is 11.2 Å². The molecule has 5 rings (SSSR count). The lowest BCUT2D eigenvalue weighted by Crippen LogP contribution is -2.35. The van der Waals surface area contributed by atoms with Gasteiger partial charge in [0.05, 0.1) is 17.8 Å². The average Bonchev–Trinajstić information content (AvgIpc) is 3.35. The number of amides is 1. The van der Waals surface area contributed by atoms with Crippen LogP contribution in [0.25, 0.3) is 33.1 Å². The Kier molecular flexibility index (Phi) is 5.73. The van der Waals surface area contributed by atoms with Gasteiger partial charge in [-0.25, -0.2) is 13.2 Å². The fourth-order valence-corrected chi connectivity index (χ4v) is 6.30. The van der Waals surface area contributed by atoms with E-state index in [1.54, 1.807) is 12.3 Å². The largest absolute Gasteiger partial charge is 0.464 e. The molecule has 1 aliphatic rings. The fourth-order valence-electron chi connectivity index (χ4n) is 4.50. The first-order valence-corrected chi connectivity index (χ1v) is 13.1. The van der Waals surface area contributed by atoms with E-state index in [0.717, 1.165) is 27.5 Å². The minimum absolute atomic E-state index is 0.0352. The number of hydrogen-bond acceptors (Lipinski definition) is 6. The van der Waals surface area contributed by atoms with Crippen molar-refractivity contribution in [3.8, 4) is 11.1 Å². The lowest BCUT2D eigenvalue weighted by molar-refractivity contribution is -0.121. The number of furan rings is 1. The van der Waals surface area contributed by atoms with Crippen LogP contribution < -0.4 is 10.9 Å². The van der Waals surface area contributed by atoms with Crippen LogP contribution in [-0.2, 0) is 21.1 Å². The number of fused-ring (bicyclic) bond motifs is 2. The molecule has 2 aromatic carbocycles. The van der Waals surface area contributed by atoms with Gasteiger partial charge in [-0.15, -0.1) is 0 Å². The van der Waals surface area contributed by atoms with E-state index < -0.39 is 15.5 Å². The summed E-state index contributed by atoms with van der Waals surface area (Å²) >= 11 is 6.01. The molecule has 7 nitrogen and oxygen atoms in total. The first-order valence-electron chi connectivity index (χ1n) is 10.9. The van der Waals surface area contributed by atoms with Crippen molar-refractivity contribution in [1.82, 2.24) is 5.32 Å². The molecule has 34 heavy (non-hydrogen) atoms. The number of benzene rings is 2. The Morgan fingerprint density at radius 3 is 2.62 bits per heavy atom. The molecule has 176 valence electrons. The maximum atomic E-state index is 12.7. The van der Waals surface area contributed by atoms with E-state index >= 15 is 0 Å². The number of hydrogen-bond donors (Lipinski definition) is 1. The third-order valence-electron chi connectivity index (χ3n) is 6.34. The van der Waals surface area contributed by atoms with Crippen LogP contribution in [0.2, 0.25) is 5.02 Å². The first-order chi connectivity index (χ1) is 16.2. The molecular formula is C25H22ClNO6S. The molecule has 0 radical (unpaired) electrons. The Morgan fingerprint density at radius 1 is 1.15 bits per heavy atom. The van der Waals surface area contributed by atoms with Crippen LogP contribution in [0.5, 0.6) is 0 Å². The topological polar surface area (TPSA) is 107 Å². The molecule has 2 aromatic heterocycles. The summed E-state index contributed by atoms with van der Waals surface area (Å²) in [5, 5.41) is 5.04. The third kappa shape index (κ3) is 4.35. The van der Waals surface area contributed by atoms with Gasteiger partial charge in [-0.3, -0.25) is 4.79 Å². The van der Waals surface area contributed by atoms with E-state index in [9.17, 15) is 18.0 Å². The number of carbonyl (C=O) groups is 1. The minimum atomic E-state index is -3.08. The Bertz CT molecular complexity index is 1580. The van der Waals surface area contributed by atoms with Crippen molar-refractivity contribution < 1.29 is 22.0 Å². The summed E-state index contributed by atoms with van der Waals surface area (Å²) in [6, 6.07) is 10.7. The zero-order valence-corrected chi connectivity index (χ0v) is 20.0. The number of carbonyl (C=O) groups excluding carboxylic acids is 1.